The predicted octanol–water partition coefficient (Wildman–Crippen LogP) is 4.27. The van der Waals surface area contributed by atoms with Gasteiger partial charge < -0.3 is 25.4 Å². The summed E-state index contributed by atoms with van der Waals surface area (Å²) in [6.45, 7) is 0.469. The average Bonchev–Trinajstić information content (AvgIpc) is 3.43. The second-order valence-electron chi connectivity index (χ2n) is 11.8. The molecule has 238 valence electrons. The van der Waals surface area contributed by atoms with Crippen LogP contribution in [-0.2, 0) is 14.4 Å². The molecule has 0 aromatic heterocycles. The Morgan fingerprint density at radius 1 is 0.913 bits per heavy atom. The van der Waals surface area contributed by atoms with Gasteiger partial charge in [-0.15, -0.1) is 0 Å². The summed E-state index contributed by atoms with van der Waals surface area (Å²) in [7, 11) is 0. The largest absolute Gasteiger partial charge is 0.482 e. The smallest absolute Gasteiger partial charge is 0.341 e. The minimum Gasteiger partial charge on any atom is -0.482 e. The summed E-state index contributed by atoms with van der Waals surface area (Å²) >= 11 is 0. The lowest BCUT2D eigenvalue weighted by Crippen LogP contribution is -2.51. The minimum atomic E-state index is -1.51. The van der Waals surface area contributed by atoms with Crippen molar-refractivity contribution in [3.8, 4) is 5.75 Å². The Hall–Kier alpha value is -5.26. The van der Waals surface area contributed by atoms with Crippen LogP contribution in [0, 0.1) is 17.7 Å². The van der Waals surface area contributed by atoms with Gasteiger partial charge in [0.05, 0.1) is 11.4 Å². The van der Waals surface area contributed by atoms with Gasteiger partial charge in [0.2, 0.25) is 12.1 Å². The number of hydrogen-bond acceptors (Lipinski definition) is 6. The second kappa shape index (κ2) is 13.4. The highest BCUT2D eigenvalue weighted by Crippen LogP contribution is 2.34. The van der Waals surface area contributed by atoms with Crippen molar-refractivity contribution in [1.29, 1.82) is 0 Å². The van der Waals surface area contributed by atoms with E-state index < -0.39 is 36.5 Å². The van der Waals surface area contributed by atoms with E-state index >= 15 is 4.39 Å². The summed E-state index contributed by atoms with van der Waals surface area (Å²) in [5.41, 5.74) is 1.38. The molecule has 1 aliphatic carbocycles. The lowest BCUT2D eigenvalue weighted by molar-refractivity contribution is -0.139. The SMILES string of the molecule is O=C(O)COc1cccc(NC(=O)NC2N=C(c3ccccc3F)c3ccccc3N(CC(=O)N3CC4CCC(CC4)C3)C2=O)c1. The van der Waals surface area contributed by atoms with E-state index in [1.807, 2.05) is 4.90 Å². The van der Waals surface area contributed by atoms with E-state index in [9.17, 15) is 19.2 Å². The molecule has 46 heavy (non-hydrogen) atoms. The average molecular weight is 628 g/mol. The topological polar surface area (TPSA) is 141 Å². The van der Waals surface area contributed by atoms with Gasteiger partial charge in [-0.3, -0.25) is 14.5 Å². The molecule has 3 fully saturated rings. The first-order chi connectivity index (χ1) is 22.2. The molecule has 4 amide bonds. The van der Waals surface area contributed by atoms with Gasteiger partial charge in [-0.05, 0) is 67.9 Å². The second-order valence-corrected chi connectivity index (χ2v) is 11.8. The quantitative estimate of drug-likeness (QED) is 0.341. The van der Waals surface area contributed by atoms with E-state index in [2.05, 4.69) is 15.6 Å². The summed E-state index contributed by atoms with van der Waals surface area (Å²) in [4.78, 5) is 59.9. The van der Waals surface area contributed by atoms with Crippen molar-refractivity contribution >= 4 is 40.9 Å². The van der Waals surface area contributed by atoms with E-state index in [0.717, 1.165) is 25.7 Å². The number of halogens is 1. The van der Waals surface area contributed by atoms with Crippen molar-refractivity contribution in [2.45, 2.75) is 31.8 Å². The maximum atomic E-state index is 15.2. The summed E-state index contributed by atoms with van der Waals surface area (Å²) in [6, 6.07) is 18.2. The molecule has 1 saturated carbocycles. The van der Waals surface area contributed by atoms with Gasteiger partial charge in [-0.2, -0.15) is 0 Å². The fourth-order valence-electron chi connectivity index (χ4n) is 6.39. The van der Waals surface area contributed by atoms with Crippen LogP contribution in [-0.4, -0.2) is 71.9 Å². The van der Waals surface area contributed by atoms with Crippen molar-refractivity contribution in [2.24, 2.45) is 16.8 Å². The number of fused-ring (bicyclic) bond motifs is 5. The third-order valence-electron chi connectivity index (χ3n) is 8.63. The number of hydrogen-bond donors (Lipinski definition) is 3. The van der Waals surface area contributed by atoms with Crippen molar-refractivity contribution < 1.29 is 33.4 Å². The van der Waals surface area contributed by atoms with E-state index in [0.29, 0.717) is 36.2 Å². The van der Waals surface area contributed by atoms with Gasteiger partial charge in [0.15, 0.2) is 6.61 Å². The first kappa shape index (κ1) is 30.8. The highest BCUT2D eigenvalue weighted by Gasteiger charge is 2.37. The molecule has 1 atom stereocenters. The highest BCUT2D eigenvalue weighted by molar-refractivity contribution is 6.21. The number of urea groups is 1. The fraction of sp³-hybridized carbons (Fsp3) is 0.324. The number of rotatable bonds is 8. The molecular formula is C34H34FN5O6. The zero-order valence-electron chi connectivity index (χ0n) is 25.0. The number of benzene rings is 3. The molecule has 2 saturated heterocycles. The van der Waals surface area contributed by atoms with E-state index in [1.165, 1.54) is 23.1 Å². The van der Waals surface area contributed by atoms with Crippen LogP contribution in [0.25, 0.3) is 0 Å². The standard InChI is InChI=1S/C34H34FN5O6/c35-27-10-3-1-8-25(27)31-26-9-2-4-11-28(26)40(19-29(41)39-17-21-12-13-22(18-39)15-14-21)33(44)32(37-31)38-34(45)36-23-6-5-7-24(16-23)46-20-30(42)43/h1-11,16,21-22,32H,12-15,17-20H2,(H,42,43)(H2,36,38,45). The molecule has 11 nitrogen and oxygen atoms in total. The summed E-state index contributed by atoms with van der Waals surface area (Å²) in [6.07, 6.45) is 2.86. The van der Waals surface area contributed by atoms with Gasteiger partial charge >= 0.3 is 12.0 Å². The molecule has 12 heteroatoms. The van der Waals surface area contributed by atoms with Gasteiger partial charge in [0.25, 0.3) is 5.91 Å². The molecule has 0 spiro atoms. The van der Waals surface area contributed by atoms with E-state index in [1.54, 1.807) is 54.6 Å². The Morgan fingerprint density at radius 3 is 2.28 bits per heavy atom. The molecule has 3 N–H and O–H groups in total. The third-order valence-corrected chi connectivity index (χ3v) is 8.63. The van der Waals surface area contributed by atoms with Crippen molar-refractivity contribution in [3.63, 3.8) is 0 Å². The number of amides is 4. The number of carboxylic acid groups (broad SMARTS) is 1. The molecule has 1 unspecified atom stereocenters. The zero-order chi connectivity index (χ0) is 32.2. The number of carbonyl (C=O) groups excluding carboxylic acids is 3. The van der Waals surface area contributed by atoms with Crippen LogP contribution in [0.4, 0.5) is 20.6 Å². The van der Waals surface area contributed by atoms with E-state index in [4.69, 9.17) is 9.84 Å². The number of para-hydroxylation sites is 1. The Labute approximate surface area is 265 Å². The lowest BCUT2D eigenvalue weighted by Gasteiger charge is -2.29. The zero-order valence-corrected chi connectivity index (χ0v) is 25.0. The van der Waals surface area contributed by atoms with Crippen LogP contribution in [0.1, 0.15) is 36.8 Å². The fourth-order valence-corrected chi connectivity index (χ4v) is 6.39. The van der Waals surface area contributed by atoms with Crippen molar-refractivity contribution in [2.75, 3.05) is 36.5 Å². The van der Waals surface area contributed by atoms with Gasteiger partial charge in [0.1, 0.15) is 18.1 Å². The Morgan fingerprint density at radius 2 is 1.59 bits per heavy atom. The molecule has 2 bridgehead atoms. The Kier molecular flexibility index (Phi) is 8.95. The first-order valence-corrected chi connectivity index (χ1v) is 15.3. The van der Waals surface area contributed by atoms with Crippen LogP contribution < -0.4 is 20.3 Å². The molecule has 3 aliphatic heterocycles. The summed E-state index contributed by atoms with van der Waals surface area (Å²) < 4.78 is 20.4. The number of nitrogens with zero attached hydrogens (tertiary/aromatic N) is 3. The number of benzodiazepines with no additional fused rings is 1. The summed E-state index contributed by atoms with van der Waals surface area (Å²) in [5.74, 6) is -1.47. The van der Waals surface area contributed by atoms with Gasteiger partial charge in [-0.25, -0.2) is 19.0 Å². The Balaban J connectivity index is 1.31. The van der Waals surface area contributed by atoms with Crippen molar-refractivity contribution in [1.82, 2.24) is 10.2 Å². The molecule has 3 aromatic carbocycles. The lowest BCUT2D eigenvalue weighted by atomic mass is 9.84. The van der Waals surface area contributed by atoms with Crippen molar-refractivity contribution in [3.05, 3.63) is 89.7 Å². The minimum absolute atomic E-state index is 0.135. The number of carbonyl (C=O) groups is 4. The van der Waals surface area contributed by atoms with Crippen LogP contribution >= 0.6 is 0 Å². The maximum absolute atomic E-state index is 15.2. The number of aliphatic imine (C=N–C) groups is 1. The number of nitrogens with one attached hydrogen (secondary N) is 2. The molecule has 3 aromatic rings. The molecule has 3 heterocycles. The van der Waals surface area contributed by atoms with Crippen LogP contribution in [0.15, 0.2) is 77.8 Å². The number of carboxylic acids is 1. The van der Waals surface area contributed by atoms with Gasteiger partial charge in [-0.1, -0.05) is 36.4 Å². The monoisotopic (exact) mass is 627 g/mol. The molecule has 4 aliphatic rings. The number of anilines is 2. The predicted molar refractivity (Wildman–Crippen MR) is 168 cm³/mol. The normalized spacial score (nSPS) is 20.6. The molecule has 7 rings (SSSR count). The molecule has 0 radical (unpaired) electrons. The Bertz CT molecular complexity index is 1670. The van der Waals surface area contributed by atoms with Crippen LogP contribution in [0.3, 0.4) is 0 Å². The molecular weight excluding hydrogens is 593 g/mol. The van der Waals surface area contributed by atoms with Crippen LogP contribution in [0.5, 0.6) is 5.75 Å². The number of ether oxygens (including phenoxy) is 1. The third kappa shape index (κ3) is 6.85. The van der Waals surface area contributed by atoms with Gasteiger partial charge in [0, 0.05) is 36.0 Å². The number of aliphatic carboxylic acids is 1. The van der Waals surface area contributed by atoms with E-state index in [-0.39, 0.29) is 35.2 Å². The summed E-state index contributed by atoms with van der Waals surface area (Å²) in [5, 5.41) is 14.1. The highest BCUT2D eigenvalue weighted by atomic mass is 19.1. The first-order valence-electron chi connectivity index (χ1n) is 15.3. The van der Waals surface area contributed by atoms with Crippen LogP contribution in [0.2, 0.25) is 0 Å². The maximum Gasteiger partial charge on any atom is 0.341 e.